The Morgan fingerprint density at radius 3 is 2.79 bits per heavy atom. The Morgan fingerprint density at radius 2 is 2.11 bits per heavy atom. The summed E-state index contributed by atoms with van der Waals surface area (Å²) in [4.78, 5) is 7.47. The van der Waals surface area contributed by atoms with E-state index in [-0.39, 0.29) is 0 Å². The van der Waals surface area contributed by atoms with Gasteiger partial charge in [-0.3, -0.25) is 0 Å². The minimum absolute atomic E-state index is 0.398. The average Bonchev–Trinajstić information content (AvgIpc) is 2.91. The first-order chi connectivity index (χ1) is 9.22. The molecule has 1 aliphatic heterocycles. The number of hydrogen-bond donors (Lipinski definition) is 0. The first kappa shape index (κ1) is 13.2. The summed E-state index contributed by atoms with van der Waals surface area (Å²) in [5.74, 6) is 1.26. The molecule has 0 bridgehead atoms. The number of rotatable bonds is 2. The lowest BCUT2D eigenvalue weighted by molar-refractivity contribution is 0.264. The largest absolute Gasteiger partial charge is 0.350 e. The standard InChI is InChI=1S/C16H23ClN2/c1-3-15-18-14-10-6-9-13(17)16(14)11(2)19(15)12-7-4-5-8-12/h10-12H,3-9H2,1-2H3. The van der Waals surface area contributed by atoms with Crippen LogP contribution in [-0.2, 0) is 0 Å². The van der Waals surface area contributed by atoms with E-state index in [1.165, 1.54) is 37.1 Å². The Hall–Kier alpha value is -0.760. The number of amidine groups is 1. The van der Waals surface area contributed by atoms with Crippen molar-refractivity contribution in [3.8, 4) is 0 Å². The zero-order valence-corrected chi connectivity index (χ0v) is 12.7. The van der Waals surface area contributed by atoms with Crippen molar-refractivity contribution in [2.24, 2.45) is 4.99 Å². The summed E-state index contributed by atoms with van der Waals surface area (Å²) < 4.78 is 0. The predicted octanol–water partition coefficient (Wildman–Crippen LogP) is 4.61. The maximum absolute atomic E-state index is 6.49. The van der Waals surface area contributed by atoms with Gasteiger partial charge in [0.1, 0.15) is 5.84 Å². The summed E-state index contributed by atoms with van der Waals surface area (Å²) in [7, 11) is 0. The Kier molecular flexibility index (Phi) is 3.70. The molecule has 2 aliphatic carbocycles. The molecule has 0 amide bonds. The molecular formula is C16H23ClN2. The molecule has 1 atom stereocenters. The average molecular weight is 279 g/mol. The molecule has 3 heteroatoms. The van der Waals surface area contributed by atoms with E-state index < -0.39 is 0 Å². The third-order valence-electron chi connectivity index (χ3n) is 4.69. The van der Waals surface area contributed by atoms with Crippen LogP contribution in [0.4, 0.5) is 0 Å². The third kappa shape index (κ3) is 2.24. The van der Waals surface area contributed by atoms with Crippen molar-refractivity contribution in [2.75, 3.05) is 0 Å². The smallest absolute Gasteiger partial charge is 0.105 e. The summed E-state index contributed by atoms with van der Waals surface area (Å²) in [6, 6.07) is 1.07. The van der Waals surface area contributed by atoms with Crippen LogP contribution in [0.5, 0.6) is 0 Å². The van der Waals surface area contributed by atoms with Crippen molar-refractivity contribution in [1.82, 2.24) is 4.90 Å². The van der Waals surface area contributed by atoms with E-state index in [4.69, 9.17) is 16.6 Å². The molecule has 0 aromatic rings. The first-order valence-corrected chi connectivity index (χ1v) is 8.05. The lowest BCUT2D eigenvalue weighted by Gasteiger charge is -2.43. The van der Waals surface area contributed by atoms with Crippen LogP contribution < -0.4 is 0 Å². The number of allylic oxidation sites excluding steroid dienone is 2. The van der Waals surface area contributed by atoms with Crippen LogP contribution in [0, 0.1) is 0 Å². The molecule has 1 heterocycles. The van der Waals surface area contributed by atoms with Gasteiger partial charge in [0.25, 0.3) is 0 Å². The molecule has 0 saturated heterocycles. The van der Waals surface area contributed by atoms with Gasteiger partial charge in [0.05, 0.1) is 11.7 Å². The Morgan fingerprint density at radius 1 is 1.37 bits per heavy atom. The lowest BCUT2D eigenvalue weighted by atomic mass is 9.93. The number of halogens is 1. The highest BCUT2D eigenvalue weighted by molar-refractivity contribution is 6.30. The van der Waals surface area contributed by atoms with Gasteiger partial charge >= 0.3 is 0 Å². The van der Waals surface area contributed by atoms with E-state index in [9.17, 15) is 0 Å². The van der Waals surface area contributed by atoms with Gasteiger partial charge < -0.3 is 4.90 Å². The fraction of sp³-hybridized carbons (Fsp3) is 0.688. The highest BCUT2D eigenvalue weighted by Gasteiger charge is 2.36. The number of fused-ring (bicyclic) bond motifs is 1. The van der Waals surface area contributed by atoms with Crippen LogP contribution in [-0.4, -0.2) is 22.8 Å². The lowest BCUT2D eigenvalue weighted by Crippen LogP contribution is -2.48. The van der Waals surface area contributed by atoms with Gasteiger partial charge in [-0.15, -0.1) is 0 Å². The van der Waals surface area contributed by atoms with Gasteiger partial charge in [-0.25, -0.2) is 4.99 Å². The molecule has 2 nitrogen and oxygen atoms in total. The van der Waals surface area contributed by atoms with Crippen LogP contribution in [0.1, 0.15) is 58.8 Å². The highest BCUT2D eigenvalue weighted by Crippen LogP contribution is 2.39. The van der Waals surface area contributed by atoms with Gasteiger partial charge in [-0.2, -0.15) is 0 Å². The van der Waals surface area contributed by atoms with Crippen molar-refractivity contribution in [3.63, 3.8) is 0 Å². The van der Waals surface area contributed by atoms with Crippen molar-refractivity contribution < 1.29 is 0 Å². The van der Waals surface area contributed by atoms with E-state index in [0.29, 0.717) is 12.1 Å². The molecule has 104 valence electrons. The minimum Gasteiger partial charge on any atom is -0.350 e. The number of nitrogens with zero attached hydrogens (tertiary/aromatic N) is 2. The number of aliphatic imine (C=N–C) groups is 1. The summed E-state index contributed by atoms with van der Waals surface area (Å²) in [5, 5.41) is 1.03. The summed E-state index contributed by atoms with van der Waals surface area (Å²) >= 11 is 6.49. The summed E-state index contributed by atoms with van der Waals surface area (Å²) in [6.07, 6.45) is 10.7. The van der Waals surface area contributed by atoms with E-state index in [1.54, 1.807) is 0 Å². The zero-order valence-electron chi connectivity index (χ0n) is 12.0. The van der Waals surface area contributed by atoms with Crippen molar-refractivity contribution in [1.29, 1.82) is 0 Å². The van der Waals surface area contributed by atoms with E-state index >= 15 is 0 Å². The fourth-order valence-electron chi connectivity index (χ4n) is 3.80. The first-order valence-electron chi connectivity index (χ1n) is 7.67. The van der Waals surface area contributed by atoms with Gasteiger partial charge in [-0.1, -0.05) is 37.4 Å². The topological polar surface area (TPSA) is 15.6 Å². The van der Waals surface area contributed by atoms with Crippen LogP contribution in [0.15, 0.2) is 27.4 Å². The van der Waals surface area contributed by atoms with Gasteiger partial charge in [0.15, 0.2) is 0 Å². The fourth-order valence-corrected chi connectivity index (χ4v) is 4.16. The zero-order chi connectivity index (χ0) is 13.4. The second-order valence-electron chi connectivity index (χ2n) is 5.85. The highest BCUT2D eigenvalue weighted by atomic mass is 35.5. The summed E-state index contributed by atoms with van der Waals surface area (Å²) in [6.45, 7) is 4.52. The molecule has 1 unspecified atom stereocenters. The molecule has 1 saturated carbocycles. The molecular weight excluding hydrogens is 256 g/mol. The molecule has 0 spiro atoms. The van der Waals surface area contributed by atoms with Crippen molar-refractivity contribution in [3.05, 3.63) is 22.4 Å². The van der Waals surface area contributed by atoms with Crippen LogP contribution in [0.3, 0.4) is 0 Å². The SMILES string of the molecule is CCC1=NC2=CCCC(Cl)=C2C(C)N1C1CCCC1. The molecule has 0 N–H and O–H groups in total. The summed E-state index contributed by atoms with van der Waals surface area (Å²) in [5.41, 5.74) is 2.44. The van der Waals surface area contributed by atoms with Crippen LogP contribution in [0.2, 0.25) is 0 Å². The van der Waals surface area contributed by atoms with Gasteiger partial charge in [0, 0.05) is 23.1 Å². The maximum atomic E-state index is 6.49. The molecule has 19 heavy (non-hydrogen) atoms. The molecule has 3 aliphatic rings. The van der Waals surface area contributed by atoms with Gasteiger partial charge in [0.2, 0.25) is 0 Å². The van der Waals surface area contributed by atoms with E-state index in [2.05, 4.69) is 24.8 Å². The second-order valence-corrected chi connectivity index (χ2v) is 6.31. The molecule has 0 aromatic heterocycles. The molecule has 1 fully saturated rings. The second kappa shape index (κ2) is 5.32. The van der Waals surface area contributed by atoms with Crippen LogP contribution in [0.25, 0.3) is 0 Å². The predicted molar refractivity (Wildman–Crippen MR) is 81.5 cm³/mol. The van der Waals surface area contributed by atoms with Crippen molar-refractivity contribution in [2.45, 2.75) is 70.9 Å². The third-order valence-corrected chi connectivity index (χ3v) is 5.08. The normalized spacial score (nSPS) is 28.4. The van der Waals surface area contributed by atoms with Crippen molar-refractivity contribution >= 4 is 17.4 Å². The van der Waals surface area contributed by atoms with Gasteiger partial charge in [-0.05, 0) is 32.6 Å². The number of hydrogen-bond acceptors (Lipinski definition) is 2. The minimum atomic E-state index is 0.398. The molecule has 0 radical (unpaired) electrons. The maximum Gasteiger partial charge on any atom is 0.105 e. The molecule has 3 rings (SSSR count). The van der Waals surface area contributed by atoms with Crippen LogP contribution >= 0.6 is 11.6 Å². The van der Waals surface area contributed by atoms with E-state index in [1.807, 2.05) is 0 Å². The Labute approximate surface area is 121 Å². The Bertz CT molecular complexity index is 455. The monoisotopic (exact) mass is 278 g/mol. The van der Waals surface area contributed by atoms with E-state index in [0.717, 1.165) is 30.0 Å². The molecule has 0 aromatic carbocycles. The quantitative estimate of drug-likeness (QED) is 0.720. The Balaban J connectivity index is 2.01.